The SMILES string of the molecule is CC(=O)CC(=O)NCc1cc(Br)cc2c1OCC2. The molecule has 0 bridgehead atoms. The minimum absolute atomic E-state index is 0.0724. The van der Waals surface area contributed by atoms with Crippen molar-refractivity contribution < 1.29 is 14.3 Å². The van der Waals surface area contributed by atoms with Crippen molar-refractivity contribution in [2.24, 2.45) is 0 Å². The number of carbonyl (C=O) groups is 2. The van der Waals surface area contributed by atoms with Crippen molar-refractivity contribution in [2.75, 3.05) is 6.61 Å². The van der Waals surface area contributed by atoms with Crippen LogP contribution in [0.1, 0.15) is 24.5 Å². The molecule has 4 nitrogen and oxygen atoms in total. The number of rotatable bonds is 4. The minimum Gasteiger partial charge on any atom is -0.493 e. The molecule has 0 fully saturated rings. The third kappa shape index (κ3) is 3.10. The van der Waals surface area contributed by atoms with E-state index in [0.717, 1.165) is 27.8 Å². The Morgan fingerprint density at radius 1 is 1.44 bits per heavy atom. The van der Waals surface area contributed by atoms with Crippen LogP contribution in [-0.2, 0) is 22.6 Å². The van der Waals surface area contributed by atoms with Gasteiger partial charge in [0.1, 0.15) is 11.5 Å². The normalized spacial score (nSPS) is 12.8. The number of ether oxygens (including phenoxy) is 1. The van der Waals surface area contributed by atoms with Crippen LogP contribution in [0.2, 0.25) is 0 Å². The monoisotopic (exact) mass is 311 g/mol. The average molecular weight is 312 g/mol. The topological polar surface area (TPSA) is 55.4 Å². The van der Waals surface area contributed by atoms with Gasteiger partial charge in [0.25, 0.3) is 0 Å². The molecule has 0 spiro atoms. The molecule has 0 radical (unpaired) electrons. The smallest absolute Gasteiger partial charge is 0.227 e. The van der Waals surface area contributed by atoms with Gasteiger partial charge in [-0.2, -0.15) is 0 Å². The molecule has 5 heteroatoms. The lowest BCUT2D eigenvalue weighted by Gasteiger charge is -2.10. The van der Waals surface area contributed by atoms with E-state index in [4.69, 9.17) is 4.74 Å². The number of fused-ring (bicyclic) bond motifs is 1. The van der Waals surface area contributed by atoms with Gasteiger partial charge < -0.3 is 10.1 Å². The second-order valence-corrected chi connectivity index (χ2v) is 5.22. The highest BCUT2D eigenvalue weighted by molar-refractivity contribution is 9.10. The number of Topliss-reactive ketones (excluding diaryl/α,β-unsaturated/α-hetero) is 1. The zero-order valence-corrected chi connectivity index (χ0v) is 11.7. The molecule has 1 aromatic carbocycles. The summed E-state index contributed by atoms with van der Waals surface area (Å²) in [4.78, 5) is 22.2. The molecule has 1 heterocycles. The summed E-state index contributed by atoms with van der Waals surface area (Å²) in [6.07, 6.45) is 0.820. The van der Waals surface area contributed by atoms with Crippen LogP contribution in [0.5, 0.6) is 5.75 Å². The molecule has 0 unspecified atom stereocenters. The summed E-state index contributed by atoms with van der Waals surface area (Å²) < 4.78 is 6.53. The molecule has 1 aliphatic rings. The van der Waals surface area contributed by atoms with Gasteiger partial charge in [0.05, 0.1) is 13.0 Å². The number of hydrogen-bond acceptors (Lipinski definition) is 3. The van der Waals surface area contributed by atoms with Crippen LogP contribution in [0.25, 0.3) is 0 Å². The quantitative estimate of drug-likeness (QED) is 0.865. The fourth-order valence-electron chi connectivity index (χ4n) is 1.96. The molecule has 2 rings (SSSR count). The van der Waals surface area contributed by atoms with Gasteiger partial charge in [-0.05, 0) is 24.6 Å². The first-order valence-corrected chi connectivity index (χ1v) is 6.56. The maximum Gasteiger partial charge on any atom is 0.227 e. The van der Waals surface area contributed by atoms with Crippen molar-refractivity contribution in [3.8, 4) is 5.75 Å². The van der Waals surface area contributed by atoms with Gasteiger partial charge in [0.15, 0.2) is 0 Å². The van der Waals surface area contributed by atoms with Crippen molar-refractivity contribution in [3.63, 3.8) is 0 Å². The van der Waals surface area contributed by atoms with E-state index in [1.165, 1.54) is 6.92 Å². The molecule has 1 N–H and O–H groups in total. The molecule has 0 saturated heterocycles. The van der Waals surface area contributed by atoms with E-state index in [2.05, 4.69) is 21.2 Å². The summed E-state index contributed by atoms with van der Waals surface area (Å²) >= 11 is 3.44. The first-order chi connectivity index (χ1) is 8.56. The lowest BCUT2D eigenvalue weighted by atomic mass is 10.1. The molecule has 0 aliphatic carbocycles. The molecule has 18 heavy (non-hydrogen) atoms. The summed E-state index contributed by atoms with van der Waals surface area (Å²) in [5.74, 6) is 0.471. The number of hydrogen-bond donors (Lipinski definition) is 1. The van der Waals surface area contributed by atoms with Crippen LogP contribution < -0.4 is 10.1 Å². The van der Waals surface area contributed by atoms with Crippen LogP contribution in [0.3, 0.4) is 0 Å². The molecule has 96 valence electrons. The predicted octanol–water partition coefficient (Wildman–Crippen LogP) is 1.98. The lowest BCUT2D eigenvalue weighted by molar-refractivity contribution is -0.127. The second kappa shape index (κ2) is 5.52. The van der Waals surface area contributed by atoms with Gasteiger partial charge in [0, 0.05) is 23.0 Å². The van der Waals surface area contributed by atoms with Crippen molar-refractivity contribution >= 4 is 27.6 Å². The van der Waals surface area contributed by atoms with Crippen molar-refractivity contribution in [1.82, 2.24) is 5.32 Å². The van der Waals surface area contributed by atoms with Gasteiger partial charge in [-0.1, -0.05) is 15.9 Å². The number of carbonyl (C=O) groups excluding carboxylic acids is 2. The van der Waals surface area contributed by atoms with Gasteiger partial charge in [0.2, 0.25) is 5.91 Å². The Morgan fingerprint density at radius 3 is 2.94 bits per heavy atom. The standard InChI is InChI=1S/C13H14BrNO3/c1-8(16)4-12(17)15-7-10-6-11(14)5-9-2-3-18-13(9)10/h5-6H,2-4,7H2,1H3,(H,15,17). The molecule has 1 aromatic rings. The highest BCUT2D eigenvalue weighted by atomic mass is 79.9. The highest BCUT2D eigenvalue weighted by Crippen LogP contribution is 2.32. The zero-order chi connectivity index (χ0) is 13.1. The Labute approximate surface area is 114 Å². The molecule has 1 amide bonds. The van der Waals surface area contributed by atoms with Crippen molar-refractivity contribution in [3.05, 3.63) is 27.7 Å². The van der Waals surface area contributed by atoms with E-state index in [-0.39, 0.29) is 18.1 Å². The molecule has 0 aromatic heterocycles. The lowest BCUT2D eigenvalue weighted by Crippen LogP contribution is -2.24. The first kappa shape index (κ1) is 13.1. The van der Waals surface area contributed by atoms with Gasteiger partial charge >= 0.3 is 0 Å². The largest absolute Gasteiger partial charge is 0.493 e. The summed E-state index contributed by atoms with van der Waals surface area (Å²) in [6.45, 7) is 2.47. The van der Waals surface area contributed by atoms with Crippen LogP contribution in [0.4, 0.5) is 0 Å². The van der Waals surface area contributed by atoms with Crippen molar-refractivity contribution in [1.29, 1.82) is 0 Å². The van der Waals surface area contributed by atoms with E-state index >= 15 is 0 Å². The van der Waals surface area contributed by atoms with E-state index < -0.39 is 0 Å². The van der Waals surface area contributed by atoms with E-state index in [0.29, 0.717) is 13.2 Å². The molecular weight excluding hydrogens is 298 g/mol. The Hall–Kier alpha value is -1.36. The number of ketones is 1. The Bertz CT molecular complexity index is 499. The Balaban J connectivity index is 2.06. The summed E-state index contributed by atoms with van der Waals surface area (Å²) in [7, 11) is 0. The Kier molecular flexibility index (Phi) is 4.01. The van der Waals surface area contributed by atoms with E-state index in [1.807, 2.05) is 12.1 Å². The molecule has 1 aliphatic heterocycles. The highest BCUT2D eigenvalue weighted by Gasteiger charge is 2.17. The van der Waals surface area contributed by atoms with Crippen molar-refractivity contribution in [2.45, 2.75) is 26.3 Å². The van der Waals surface area contributed by atoms with Gasteiger partial charge in [-0.25, -0.2) is 0 Å². The maximum absolute atomic E-state index is 11.4. The molecule has 0 atom stereocenters. The zero-order valence-electron chi connectivity index (χ0n) is 10.1. The molecular formula is C13H14BrNO3. The van der Waals surface area contributed by atoms with Gasteiger partial charge in [-0.15, -0.1) is 0 Å². The maximum atomic E-state index is 11.4. The predicted molar refractivity (Wildman–Crippen MR) is 70.5 cm³/mol. The fourth-order valence-corrected chi connectivity index (χ4v) is 2.51. The summed E-state index contributed by atoms with van der Waals surface area (Å²) in [6, 6.07) is 3.96. The van der Waals surface area contributed by atoms with Gasteiger partial charge in [-0.3, -0.25) is 9.59 Å². The summed E-state index contributed by atoms with van der Waals surface area (Å²) in [5.41, 5.74) is 2.09. The number of amides is 1. The average Bonchev–Trinajstić information content (AvgIpc) is 2.72. The number of benzene rings is 1. The fraction of sp³-hybridized carbons (Fsp3) is 0.385. The first-order valence-electron chi connectivity index (χ1n) is 5.76. The summed E-state index contributed by atoms with van der Waals surface area (Å²) in [5, 5.41) is 2.73. The number of nitrogens with one attached hydrogen (secondary N) is 1. The minimum atomic E-state index is -0.255. The van der Waals surface area contributed by atoms with Crippen LogP contribution in [0, 0.1) is 0 Å². The number of halogens is 1. The third-order valence-corrected chi connectivity index (χ3v) is 3.17. The van der Waals surface area contributed by atoms with E-state index in [1.54, 1.807) is 0 Å². The second-order valence-electron chi connectivity index (χ2n) is 4.31. The van der Waals surface area contributed by atoms with Crippen LogP contribution in [-0.4, -0.2) is 18.3 Å². The van der Waals surface area contributed by atoms with Crippen LogP contribution >= 0.6 is 15.9 Å². The molecule has 0 saturated carbocycles. The van der Waals surface area contributed by atoms with Crippen LogP contribution in [0.15, 0.2) is 16.6 Å². The Morgan fingerprint density at radius 2 is 2.22 bits per heavy atom. The van der Waals surface area contributed by atoms with E-state index in [9.17, 15) is 9.59 Å². The third-order valence-electron chi connectivity index (χ3n) is 2.71.